The molecule has 1 amide bonds. The highest BCUT2D eigenvalue weighted by Crippen LogP contribution is 2.20. The summed E-state index contributed by atoms with van der Waals surface area (Å²) in [6, 6.07) is 0. The van der Waals surface area contributed by atoms with Gasteiger partial charge in [0.1, 0.15) is 5.60 Å². The second kappa shape index (κ2) is 8.99. The molecule has 0 aromatic carbocycles. The standard InChI is InChI=1S/C17H34N4O2/c1-7-18-15(21-11-13(2)10-14(3)12-21)19-8-9-20-16(22)23-17(4,5)6/h13-14H,7-12H2,1-6H3,(H,18,19)(H,20,22). The number of nitrogens with one attached hydrogen (secondary N) is 2. The molecule has 0 saturated carbocycles. The van der Waals surface area contributed by atoms with E-state index in [1.54, 1.807) is 0 Å². The first-order chi connectivity index (χ1) is 10.7. The van der Waals surface area contributed by atoms with Crippen LogP contribution in [0, 0.1) is 11.8 Å². The van der Waals surface area contributed by atoms with E-state index in [4.69, 9.17) is 4.74 Å². The first-order valence-corrected chi connectivity index (χ1v) is 8.71. The summed E-state index contributed by atoms with van der Waals surface area (Å²) in [6.45, 7) is 16.1. The molecule has 2 unspecified atom stereocenters. The van der Waals surface area contributed by atoms with Gasteiger partial charge in [-0.1, -0.05) is 13.8 Å². The summed E-state index contributed by atoms with van der Waals surface area (Å²) in [6.07, 6.45) is 0.883. The van der Waals surface area contributed by atoms with Crippen LogP contribution in [0.5, 0.6) is 0 Å². The van der Waals surface area contributed by atoms with Crippen LogP contribution in [-0.2, 0) is 4.74 Å². The largest absolute Gasteiger partial charge is 0.444 e. The third kappa shape index (κ3) is 8.09. The number of alkyl carbamates (subject to hydrolysis) is 1. The fourth-order valence-corrected chi connectivity index (χ4v) is 2.90. The summed E-state index contributed by atoms with van der Waals surface area (Å²) >= 11 is 0. The fourth-order valence-electron chi connectivity index (χ4n) is 2.90. The molecule has 1 aliphatic rings. The van der Waals surface area contributed by atoms with Gasteiger partial charge in [-0.2, -0.15) is 0 Å². The Morgan fingerprint density at radius 3 is 2.35 bits per heavy atom. The van der Waals surface area contributed by atoms with Gasteiger partial charge in [-0.05, 0) is 46.0 Å². The van der Waals surface area contributed by atoms with Crippen LogP contribution in [0.25, 0.3) is 0 Å². The lowest BCUT2D eigenvalue weighted by Gasteiger charge is -2.37. The Kier molecular flexibility index (Phi) is 7.65. The van der Waals surface area contributed by atoms with E-state index in [1.165, 1.54) is 6.42 Å². The Labute approximate surface area is 141 Å². The maximum Gasteiger partial charge on any atom is 0.407 e. The van der Waals surface area contributed by atoms with E-state index in [2.05, 4.69) is 41.3 Å². The van der Waals surface area contributed by atoms with Crippen LogP contribution < -0.4 is 10.6 Å². The number of amides is 1. The lowest BCUT2D eigenvalue weighted by Crippen LogP contribution is -2.48. The van der Waals surface area contributed by atoms with Crippen molar-refractivity contribution >= 4 is 12.1 Å². The van der Waals surface area contributed by atoms with Crippen molar-refractivity contribution in [3.63, 3.8) is 0 Å². The highest BCUT2D eigenvalue weighted by atomic mass is 16.6. The average molecular weight is 326 g/mol. The number of hydrogen-bond acceptors (Lipinski definition) is 3. The van der Waals surface area contributed by atoms with E-state index in [0.29, 0.717) is 24.9 Å². The van der Waals surface area contributed by atoms with E-state index in [0.717, 1.165) is 25.6 Å². The van der Waals surface area contributed by atoms with Gasteiger partial charge in [-0.15, -0.1) is 0 Å². The van der Waals surface area contributed by atoms with Crippen molar-refractivity contribution in [1.29, 1.82) is 0 Å². The maximum atomic E-state index is 11.6. The van der Waals surface area contributed by atoms with Gasteiger partial charge in [0.05, 0.1) is 6.54 Å². The van der Waals surface area contributed by atoms with Crippen LogP contribution >= 0.6 is 0 Å². The predicted molar refractivity (Wildman–Crippen MR) is 94.7 cm³/mol. The van der Waals surface area contributed by atoms with Gasteiger partial charge in [-0.3, -0.25) is 4.99 Å². The van der Waals surface area contributed by atoms with Crippen LogP contribution in [-0.4, -0.2) is 55.3 Å². The Morgan fingerprint density at radius 1 is 1.22 bits per heavy atom. The summed E-state index contributed by atoms with van der Waals surface area (Å²) < 4.78 is 5.21. The lowest BCUT2D eigenvalue weighted by molar-refractivity contribution is 0.0529. The van der Waals surface area contributed by atoms with Crippen molar-refractivity contribution in [1.82, 2.24) is 15.5 Å². The number of carbonyl (C=O) groups excluding carboxylic acids is 1. The van der Waals surface area contributed by atoms with E-state index in [9.17, 15) is 4.79 Å². The zero-order chi connectivity index (χ0) is 17.5. The Bertz CT molecular complexity index is 394. The molecular weight excluding hydrogens is 292 g/mol. The van der Waals surface area contributed by atoms with E-state index >= 15 is 0 Å². The first kappa shape index (κ1) is 19.6. The number of carbonyl (C=O) groups is 1. The van der Waals surface area contributed by atoms with Crippen LogP contribution in [0.1, 0.15) is 48.0 Å². The summed E-state index contributed by atoms with van der Waals surface area (Å²) in [5, 5.41) is 6.09. The SMILES string of the molecule is CCNC(=NCCNC(=O)OC(C)(C)C)N1CC(C)CC(C)C1. The second-order valence-corrected chi connectivity index (χ2v) is 7.52. The molecule has 1 rings (SSSR count). The minimum absolute atomic E-state index is 0.391. The molecule has 2 atom stereocenters. The number of hydrogen-bond donors (Lipinski definition) is 2. The monoisotopic (exact) mass is 326 g/mol. The van der Waals surface area contributed by atoms with Crippen molar-refractivity contribution in [3.8, 4) is 0 Å². The van der Waals surface area contributed by atoms with E-state index < -0.39 is 11.7 Å². The zero-order valence-electron chi connectivity index (χ0n) is 15.6. The van der Waals surface area contributed by atoms with Gasteiger partial charge in [0, 0.05) is 26.2 Å². The van der Waals surface area contributed by atoms with Crippen LogP contribution in [0.15, 0.2) is 4.99 Å². The van der Waals surface area contributed by atoms with Crippen molar-refractivity contribution in [3.05, 3.63) is 0 Å². The van der Waals surface area contributed by atoms with Crippen LogP contribution in [0.3, 0.4) is 0 Å². The molecule has 1 saturated heterocycles. The van der Waals surface area contributed by atoms with E-state index in [-0.39, 0.29) is 0 Å². The Morgan fingerprint density at radius 2 is 1.83 bits per heavy atom. The summed E-state index contributed by atoms with van der Waals surface area (Å²) in [4.78, 5) is 18.6. The molecule has 1 aliphatic heterocycles. The molecule has 1 heterocycles. The number of guanidine groups is 1. The number of rotatable bonds is 4. The van der Waals surface area contributed by atoms with Crippen LogP contribution in [0.2, 0.25) is 0 Å². The lowest BCUT2D eigenvalue weighted by atomic mass is 9.92. The molecule has 23 heavy (non-hydrogen) atoms. The molecule has 6 heteroatoms. The van der Waals surface area contributed by atoms with E-state index in [1.807, 2.05) is 20.8 Å². The molecule has 0 aromatic heterocycles. The number of ether oxygens (including phenoxy) is 1. The molecule has 134 valence electrons. The Hall–Kier alpha value is -1.46. The second-order valence-electron chi connectivity index (χ2n) is 7.52. The molecule has 0 aliphatic carbocycles. The van der Waals surface area contributed by atoms with Gasteiger partial charge in [0.2, 0.25) is 0 Å². The summed E-state index contributed by atoms with van der Waals surface area (Å²) in [7, 11) is 0. The van der Waals surface area contributed by atoms with Crippen LogP contribution in [0.4, 0.5) is 4.79 Å². The highest BCUT2D eigenvalue weighted by molar-refractivity contribution is 5.80. The summed E-state index contributed by atoms with van der Waals surface area (Å²) in [5.41, 5.74) is -0.470. The normalized spacial score (nSPS) is 22.7. The molecule has 2 N–H and O–H groups in total. The van der Waals surface area contributed by atoms with Gasteiger partial charge in [-0.25, -0.2) is 4.79 Å². The third-order valence-electron chi connectivity index (χ3n) is 3.54. The number of nitrogens with zero attached hydrogens (tertiary/aromatic N) is 2. The van der Waals surface area contributed by atoms with Crippen molar-refractivity contribution in [2.45, 2.75) is 53.6 Å². The predicted octanol–water partition coefficient (Wildman–Crippen LogP) is 2.45. The minimum Gasteiger partial charge on any atom is -0.444 e. The first-order valence-electron chi connectivity index (χ1n) is 8.71. The molecule has 0 aromatic rings. The third-order valence-corrected chi connectivity index (χ3v) is 3.54. The average Bonchev–Trinajstić information content (AvgIpc) is 2.39. The maximum absolute atomic E-state index is 11.6. The number of aliphatic imine (C=N–C) groups is 1. The molecular formula is C17H34N4O2. The van der Waals surface area contributed by atoms with Gasteiger partial charge in [0.25, 0.3) is 0 Å². The van der Waals surface area contributed by atoms with Gasteiger partial charge >= 0.3 is 6.09 Å². The quantitative estimate of drug-likeness (QED) is 0.473. The molecule has 6 nitrogen and oxygen atoms in total. The smallest absolute Gasteiger partial charge is 0.407 e. The summed E-state index contributed by atoms with van der Waals surface area (Å²) in [5.74, 6) is 2.31. The van der Waals surface area contributed by atoms with Gasteiger partial charge in [0.15, 0.2) is 5.96 Å². The zero-order valence-corrected chi connectivity index (χ0v) is 15.6. The molecule has 0 spiro atoms. The minimum atomic E-state index is -0.470. The number of piperidine rings is 1. The van der Waals surface area contributed by atoms with Crippen molar-refractivity contribution < 1.29 is 9.53 Å². The van der Waals surface area contributed by atoms with Crippen molar-refractivity contribution in [2.75, 3.05) is 32.7 Å². The molecule has 0 radical (unpaired) electrons. The van der Waals surface area contributed by atoms with Gasteiger partial charge < -0.3 is 20.3 Å². The highest BCUT2D eigenvalue weighted by Gasteiger charge is 2.23. The fraction of sp³-hybridized carbons (Fsp3) is 0.882. The Balaban J connectivity index is 2.47. The molecule has 1 fully saturated rings. The topological polar surface area (TPSA) is 66.0 Å². The van der Waals surface area contributed by atoms with Crippen molar-refractivity contribution in [2.24, 2.45) is 16.8 Å². The molecule has 0 bridgehead atoms. The number of likely N-dealkylation sites (tertiary alicyclic amines) is 1.